The largest absolute Gasteiger partial charge is 0.338 e. The molecule has 0 radical (unpaired) electrons. The summed E-state index contributed by atoms with van der Waals surface area (Å²) in [6, 6.07) is 0. The summed E-state index contributed by atoms with van der Waals surface area (Å²) in [7, 11) is 3.35. The lowest BCUT2D eigenvalue weighted by Crippen LogP contribution is -2.32. The minimum atomic E-state index is -0.0701. The summed E-state index contributed by atoms with van der Waals surface area (Å²) in [5.41, 5.74) is 15.3. The summed E-state index contributed by atoms with van der Waals surface area (Å²) in [5.74, 6) is 0.00201. The Labute approximate surface area is 181 Å². The Morgan fingerprint density at radius 1 is 0.931 bits per heavy atom. The van der Waals surface area contributed by atoms with Gasteiger partial charge in [-0.3, -0.25) is 9.59 Å². The van der Waals surface area contributed by atoms with Crippen LogP contribution < -0.4 is 22.5 Å². The van der Waals surface area contributed by atoms with Crippen molar-refractivity contribution in [3.8, 4) is 0 Å². The maximum Gasteiger partial charge on any atom is 0.223 e. The molecule has 0 heterocycles. The first kappa shape index (κ1) is 41.9. The SMILES string of the molecule is CC.CC.CCC.CCC(=O)CN(C)C(=O)CCN.CNCC=O.NCCCN. The number of nitrogens with zero attached hydrogens (tertiary/aromatic N) is 1. The molecule has 0 aromatic rings. The Kier molecular flexibility index (Phi) is 72.8. The Morgan fingerprint density at radius 3 is 1.52 bits per heavy atom. The normalized spacial score (nSPS) is 7.72. The number of amides is 1. The molecule has 0 unspecified atom stereocenters. The topological polar surface area (TPSA) is 145 Å². The first-order valence-electron chi connectivity index (χ1n) is 10.8. The molecule has 0 aliphatic heterocycles. The van der Waals surface area contributed by atoms with Crippen LogP contribution in [0.5, 0.6) is 0 Å². The smallest absolute Gasteiger partial charge is 0.223 e. The van der Waals surface area contributed by atoms with Gasteiger partial charge in [0.15, 0.2) is 5.78 Å². The number of carbonyl (C=O) groups is 3. The van der Waals surface area contributed by atoms with Gasteiger partial charge in [0, 0.05) is 26.4 Å². The number of hydrogen-bond donors (Lipinski definition) is 4. The summed E-state index contributed by atoms with van der Waals surface area (Å²) in [6.07, 6.45) is 3.80. The first-order chi connectivity index (χ1) is 13.9. The molecule has 0 saturated carbocycles. The van der Waals surface area contributed by atoms with Crippen molar-refractivity contribution in [2.75, 3.05) is 46.8 Å². The Balaban J connectivity index is -0.0000000651. The van der Waals surface area contributed by atoms with E-state index in [1.165, 1.54) is 11.3 Å². The zero-order valence-corrected chi connectivity index (χ0v) is 20.8. The molecule has 8 nitrogen and oxygen atoms in total. The molecule has 0 fully saturated rings. The van der Waals surface area contributed by atoms with Gasteiger partial charge in [0.05, 0.1) is 13.1 Å². The number of aldehydes is 1. The number of likely N-dealkylation sites (N-methyl/N-ethyl adjacent to an activating group) is 2. The van der Waals surface area contributed by atoms with Crippen LogP contribution in [0.25, 0.3) is 0 Å². The van der Waals surface area contributed by atoms with Crippen LogP contribution in [-0.4, -0.2) is 69.7 Å². The number of Topliss-reactive ketones (excluding diaryl/α,β-unsaturated/α-hetero) is 1. The zero-order valence-electron chi connectivity index (χ0n) is 20.8. The van der Waals surface area contributed by atoms with Crippen LogP contribution >= 0.6 is 0 Å². The van der Waals surface area contributed by atoms with E-state index in [1.54, 1.807) is 21.0 Å². The minimum Gasteiger partial charge on any atom is -0.338 e. The van der Waals surface area contributed by atoms with Crippen molar-refractivity contribution >= 4 is 18.0 Å². The molecule has 180 valence electrons. The molecule has 0 aromatic carbocycles. The lowest BCUT2D eigenvalue weighted by molar-refractivity contribution is -0.133. The highest BCUT2D eigenvalue weighted by Crippen LogP contribution is 1.91. The molecule has 1 amide bonds. The molecule has 8 heteroatoms. The van der Waals surface area contributed by atoms with E-state index in [4.69, 9.17) is 17.2 Å². The van der Waals surface area contributed by atoms with Crippen LogP contribution in [0.15, 0.2) is 0 Å². The van der Waals surface area contributed by atoms with Crippen molar-refractivity contribution in [2.45, 2.75) is 74.1 Å². The van der Waals surface area contributed by atoms with Crippen molar-refractivity contribution in [3.05, 3.63) is 0 Å². The summed E-state index contributed by atoms with van der Waals surface area (Å²) < 4.78 is 0. The lowest BCUT2D eigenvalue weighted by atomic mass is 10.3. The zero-order chi connectivity index (χ0) is 24.5. The van der Waals surface area contributed by atoms with E-state index in [9.17, 15) is 14.4 Å². The number of hydrogen-bond acceptors (Lipinski definition) is 7. The van der Waals surface area contributed by atoms with Gasteiger partial charge in [-0.2, -0.15) is 0 Å². The summed E-state index contributed by atoms with van der Waals surface area (Å²) in [6.45, 7) is 16.5. The van der Waals surface area contributed by atoms with Crippen LogP contribution in [0, 0.1) is 0 Å². The van der Waals surface area contributed by atoms with Gasteiger partial charge < -0.3 is 32.2 Å². The minimum absolute atomic E-state index is 0.0701. The van der Waals surface area contributed by atoms with Gasteiger partial charge in [-0.1, -0.05) is 54.9 Å². The maximum absolute atomic E-state index is 11.1. The third-order valence-electron chi connectivity index (χ3n) is 2.29. The van der Waals surface area contributed by atoms with E-state index < -0.39 is 0 Å². The molecule has 0 atom stereocenters. The second-order valence-corrected chi connectivity index (χ2v) is 5.04. The molecular weight excluding hydrogens is 370 g/mol. The number of carbonyl (C=O) groups excluding carboxylic acids is 3. The number of nitrogens with two attached hydrogens (primary N) is 3. The average Bonchev–Trinajstić information content (AvgIpc) is 2.73. The molecule has 0 spiro atoms. The number of ketones is 1. The van der Waals surface area contributed by atoms with E-state index in [0.717, 1.165) is 25.8 Å². The van der Waals surface area contributed by atoms with Gasteiger partial charge >= 0.3 is 0 Å². The van der Waals surface area contributed by atoms with Crippen LogP contribution in [-0.2, 0) is 14.4 Å². The van der Waals surface area contributed by atoms with E-state index in [1.807, 2.05) is 27.7 Å². The third kappa shape index (κ3) is 66.1. The fourth-order valence-corrected chi connectivity index (χ4v) is 0.980. The van der Waals surface area contributed by atoms with Crippen molar-refractivity contribution in [2.24, 2.45) is 17.2 Å². The molecule has 0 rings (SSSR count). The standard InChI is InChI=1S/C8H16N2O2.C3H10N2.C3H7NO.C3H8.2C2H6/c1-3-7(11)6-10(2)8(12)4-5-9;4-2-1-3-5;1-4-2-3-5;1-3-2;2*1-2/h3-6,9H2,1-2H3;1-5H2;3-4H,2H2,1H3;3H2,1-2H3;2*1-2H3. The van der Waals surface area contributed by atoms with Crippen LogP contribution in [0.1, 0.15) is 74.1 Å². The molecule has 0 aromatic heterocycles. The second-order valence-electron chi connectivity index (χ2n) is 5.04. The quantitative estimate of drug-likeness (QED) is 0.415. The fourth-order valence-electron chi connectivity index (χ4n) is 0.980. The average molecular weight is 424 g/mol. The number of nitrogens with one attached hydrogen (secondary N) is 1. The number of rotatable bonds is 9. The van der Waals surface area contributed by atoms with E-state index in [0.29, 0.717) is 25.9 Å². The Bertz CT molecular complexity index is 289. The van der Waals surface area contributed by atoms with Gasteiger partial charge in [-0.05, 0) is 26.6 Å². The highest BCUT2D eigenvalue weighted by atomic mass is 16.2. The van der Waals surface area contributed by atoms with E-state index in [2.05, 4.69) is 19.2 Å². The maximum atomic E-state index is 11.1. The van der Waals surface area contributed by atoms with E-state index in [-0.39, 0.29) is 18.2 Å². The summed E-state index contributed by atoms with van der Waals surface area (Å²) in [4.78, 5) is 32.8. The molecule has 0 aliphatic carbocycles. The monoisotopic (exact) mass is 423 g/mol. The van der Waals surface area contributed by atoms with Gasteiger partial charge in [0.25, 0.3) is 0 Å². The van der Waals surface area contributed by atoms with Crippen molar-refractivity contribution in [3.63, 3.8) is 0 Å². The van der Waals surface area contributed by atoms with Crippen LogP contribution in [0.3, 0.4) is 0 Å². The Morgan fingerprint density at radius 2 is 1.34 bits per heavy atom. The summed E-state index contributed by atoms with van der Waals surface area (Å²) >= 11 is 0. The second kappa shape index (κ2) is 50.4. The predicted molar refractivity (Wildman–Crippen MR) is 128 cm³/mol. The highest BCUT2D eigenvalue weighted by molar-refractivity contribution is 5.85. The predicted octanol–water partition coefficient (Wildman–Crippen LogP) is 1.94. The van der Waals surface area contributed by atoms with Gasteiger partial charge in [0.1, 0.15) is 6.29 Å². The van der Waals surface area contributed by atoms with Gasteiger partial charge in [0.2, 0.25) is 5.91 Å². The lowest BCUT2D eigenvalue weighted by Gasteiger charge is -2.14. The van der Waals surface area contributed by atoms with Crippen molar-refractivity contribution < 1.29 is 14.4 Å². The molecular formula is C21H53N5O3. The molecule has 0 bridgehead atoms. The first-order valence-corrected chi connectivity index (χ1v) is 10.8. The van der Waals surface area contributed by atoms with Crippen LogP contribution in [0.2, 0.25) is 0 Å². The molecule has 7 N–H and O–H groups in total. The highest BCUT2D eigenvalue weighted by Gasteiger charge is 2.09. The Hall–Kier alpha value is -1.35. The van der Waals surface area contributed by atoms with E-state index >= 15 is 0 Å². The van der Waals surface area contributed by atoms with Crippen LogP contribution in [0.4, 0.5) is 0 Å². The van der Waals surface area contributed by atoms with Gasteiger partial charge in [-0.15, -0.1) is 0 Å². The van der Waals surface area contributed by atoms with Crippen molar-refractivity contribution in [1.29, 1.82) is 0 Å². The van der Waals surface area contributed by atoms with Crippen molar-refractivity contribution in [1.82, 2.24) is 10.2 Å². The molecule has 0 aliphatic rings. The molecule has 0 saturated heterocycles. The van der Waals surface area contributed by atoms with Gasteiger partial charge in [-0.25, -0.2) is 0 Å². The fraction of sp³-hybridized carbons (Fsp3) is 0.857. The third-order valence-corrected chi connectivity index (χ3v) is 2.29. The summed E-state index contributed by atoms with van der Waals surface area (Å²) in [5, 5.41) is 2.65. The molecule has 29 heavy (non-hydrogen) atoms.